The lowest BCUT2D eigenvalue weighted by atomic mass is 10.4. The van der Waals surface area contributed by atoms with Gasteiger partial charge in [0, 0.05) is 7.05 Å². The first-order valence-corrected chi connectivity index (χ1v) is 1.79. The third-order valence-corrected chi connectivity index (χ3v) is 0.431. The zero-order valence-electron chi connectivity index (χ0n) is 3.81. The SMILES string of the molecule is [CH2]NCC(=O)C=O. The van der Waals surface area contributed by atoms with Gasteiger partial charge in [0.1, 0.15) is 0 Å². The molecule has 0 fully saturated rings. The molecule has 0 aromatic carbocycles. The Morgan fingerprint density at radius 3 is 2.57 bits per heavy atom. The van der Waals surface area contributed by atoms with Gasteiger partial charge in [0.05, 0.1) is 6.54 Å². The quantitative estimate of drug-likeness (QED) is 0.370. The van der Waals surface area contributed by atoms with E-state index in [2.05, 4.69) is 12.4 Å². The van der Waals surface area contributed by atoms with Crippen molar-refractivity contribution >= 4 is 12.1 Å². The lowest BCUT2D eigenvalue weighted by molar-refractivity contribution is -0.129. The van der Waals surface area contributed by atoms with Crippen LogP contribution in [-0.4, -0.2) is 18.6 Å². The Labute approximate surface area is 41.7 Å². The standard InChI is InChI=1S/C4H6NO2/c1-5-2-4(7)3-6/h3,5H,1-2H2. The molecule has 0 unspecified atom stereocenters. The molecule has 0 aliphatic rings. The van der Waals surface area contributed by atoms with E-state index in [1.165, 1.54) is 0 Å². The Hall–Kier alpha value is -0.700. The zero-order valence-corrected chi connectivity index (χ0v) is 3.81. The Morgan fingerprint density at radius 2 is 2.43 bits per heavy atom. The summed E-state index contributed by atoms with van der Waals surface area (Å²) in [5.74, 6) is -0.477. The van der Waals surface area contributed by atoms with Crippen LogP contribution in [0.15, 0.2) is 0 Å². The van der Waals surface area contributed by atoms with Crippen molar-refractivity contribution < 1.29 is 9.59 Å². The summed E-state index contributed by atoms with van der Waals surface area (Å²) in [5, 5.41) is 2.29. The van der Waals surface area contributed by atoms with E-state index in [4.69, 9.17) is 0 Å². The second kappa shape index (κ2) is 3.49. The summed E-state index contributed by atoms with van der Waals surface area (Å²) >= 11 is 0. The third kappa shape index (κ3) is 3.12. The number of rotatable bonds is 3. The first-order chi connectivity index (χ1) is 3.31. The predicted molar refractivity (Wildman–Crippen MR) is 24.4 cm³/mol. The highest BCUT2D eigenvalue weighted by molar-refractivity contribution is 6.25. The maximum atomic E-state index is 9.94. The monoisotopic (exact) mass is 100 g/mol. The number of hydrogen-bond donors (Lipinski definition) is 1. The van der Waals surface area contributed by atoms with E-state index in [9.17, 15) is 9.59 Å². The van der Waals surface area contributed by atoms with Crippen LogP contribution in [0.1, 0.15) is 0 Å². The van der Waals surface area contributed by atoms with Crippen molar-refractivity contribution in [2.45, 2.75) is 0 Å². The van der Waals surface area contributed by atoms with E-state index in [1.807, 2.05) is 0 Å². The fourth-order valence-corrected chi connectivity index (χ4v) is 0.165. The van der Waals surface area contributed by atoms with Crippen molar-refractivity contribution in [3.8, 4) is 0 Å². The van der Waals surface area contributed by atoms with Gasteiger partial charge >= 0.3 is 0 Å². The molecule has 0 amide bonds. The van der Waals surface area contributed by atoms with Crippen molar-refractivity contribution in [1.29, 1.82) is 0 Å². The van der Waals surface area contributed by atoms with E-state index in [1.54, 1.807) is 0 Å². The van der Waals surface area contributed by atoms with Gasteiger partial charge in [-0.25, -0.2) is 0 Å². The molecule has 0 heterocycles. The predicted octanol–water partition coefficient (Wildman–Crippen LogP) is -0.864. The minimum Gasteiger partial charge on any atom is -0.308 e. The summed E-state index contributed by atoms with van der Waals surface area (Å²) in [7, 11) is 3.14. The Balaban J connectivity index is 3.17. The van der Waals surface area contributed by atoms with Gasteiger partial charge in [-0.1, -0.05) is 0 Å². The molecule has 0 aliphatic heterocycles. The summed E-state index contributed by atoms with van der Waals surface area (Å²) in [5.41, 5.74) is 0. The van der Waals surface area contributed by atoms with E-state index < -0.39 is 5.78 Å². The Kier molecular flexibility index (Phi) is 3.14. The molecule has 7 heavy (non-hydrogen) atoms. The highest BCUT2D eigenvalue weighted by atomic mass is 16.2. The summed E-state index contributed by atoms with van der Waals surface area (Å²) in [6.07, 6.45) is 0.262. The van der Waals surface area contributed by atoms with Gasteiger partial charge in [0.25, 0.3) is 0 Å². The van der Waals surface area contributed by atoms with Crippen molar-refractivity contribution in [2.24, 2.45) is 0 Å². The van der Waals surface area contributed by atoms with Gasteiger partial charge in [-0.3, -0.25) is 9.59 Å². The number of carbonyl (C=O) groups excluding carboxylic acids is 2. The summed E-state index contributed by atoms with van der Waals surface area (Å²) in [6, 6.07) is 0. The van der Waals surface area contributed by atoms with E-state index in [-0.39, 0.29) is 12.8 Å². The number of ketones is 1. The highest BCUT2D eigenvalue weighted by Gasteiger charge is 1.91. The molecule has 0 rings (SSSR count). The first kappa shape index (κ1) is 6.30. The van der Waals surface area contributed by atoms with Crippen molar-refractivity contribution in [3.05, 3.63) is 7.05 Å². The fraction of sp³-hybridized carbons (Fsp3) is 0.250. The molecule has 39 valence electrons. The number of carbonyl (C=O) groups is 2. The third-order valence-electron chi connectivity index (χ3n) is 0.431. The largest absolute Gasteiger partial charge is 0.308 e. The molecule has 0 spiro atoms. The molecule has 3 nitrogen and oxygen atoms in total. The maximum Gasteiger partial charge on any atom is 0.208 e. The van der Waals surface area contributed by atoms with Crippen LogP contribution in [-0.2, 0) is 9.59 Å². The number of Topliss-reactive ketones (excluding diaryl/α,β-unsaturated/α-hetero) is 1. The van der Waals surface area contributed by atoms with Crippen LogP contribution < -0.4 is 5.32 Å². The number of hydrogen-bond acceptors (Lipinski definition) is 3. The number of aldehydes is 1. The molecule has 0 aliphatic carbocycles. The van der Waals surface area contributed by atoms with Crippen LogP contribution in [0, 0.1) is 7.05 Å². The van der Waals surface area contributed by atoms with E-state index in [0.29, 0.717) is 0 Å². The lowest BCUT2D eigenvalue weighted by Crippen LogP contribution is -2.16. The zero-order chi connectivity index (χ0) is 5.70. The van der Waals surface area contributed by atoms with Gasteiger partial charge in [-0.05, 0) is 0 Å². The minimum absolute atomic E-state index is 0.0312. The maximum absolute atomic E-state index is 9.94. The van der Waals surface area contributed by atoms with Crippen molar-refractivity contribution in [2.75, 3.05) is 6.54 Å². The molecule has 1 radical (unpaired) electrons. The summed E-state index contributed by atoms with van der Waals surface area (Å²) < 4.78 is 0. The van der Waals surface area contributed by atoms with Gasteiger partial charge in [0.15, 0.2) is 6.29 Å². The van der Waals surface area contributed by atoms with Crippen molar-refractivity contribution in [1.82, 2.24) is 5.32 Å². The summed E-state index contributed by atoms with van der Waals surface area (Å²) in [4.78, 5) is 19.4. The van der Waals surface area contributed by atoms with E-state index >= 15 is 0 Å². The molecular formula is C4H6NO2. The minimum atomic E-state index is -0.477. The second-order valence-electron chi connectivity index (χ2n) is 1.01. The average Bonchev–Trinajstić information content (AvgIpc) is 1.68. The van der Waals surface area contributed by atoms with Gasteiger partial charge < -0.3 is 5.32 Å². The molecule has 0 atom stereocenters. The van der Waals surface area contributed by atoms with Gasteiger partial charge in [0.2, 0.25) is 5.78 Å². The van der Waals surface area contributed by atoms with Crippen LogP contribution in [0.25, 0.3) is 0 Å². The molecule has 0 aromatic rings. The topological polar surface area (TPSA) is 46.2 Å². The van der Waals surface area contributed by atoms with Crippen LogP contribution in [0.5, 0.6) is 0 Å². The molecule has 0 saturated heterocycles. The van der Waals surface area contributed by atoms with E-state index in [0.717, 1.165) is 0 Å². The smallest absolute Gasteiger partial charge is 0.208 e. The van der Waals surface area contributed by atoms with Crippen LogP contribution in [0.3, 0.4) is 0 Å². The summed E-state index contributed by atoms with van der Waals surface area (Å²) in [6.45, 7) is 0.0312. The number of nitrogens with one attached hydrogen (secondary N) is 1. The van der Waals surface area contributed by atoms with Gasteiger partial charge in [-0.15, -0.1) is 0 Å². The Bertz CT molecular complexity index is 79.8. The van der Waals surface area contributed by atoms with Gasteiger partial charge in [-0.2, -0.15) is 0 Å². The fourth-order valence-electron chi connectivity index (χ4n) is 0.165. The Morgan fingerprint density at radius 1 is 1.86 bits per heavy atom. The van der Waals surface area contributed by atoms with Crippen LogP contribution >= 0.6 is 0 Å². The molecule has 1 N–H and O–H groups in total. The normalized spacial score (nSPS) is 8.14. The molecule has 0 saturated carbocycles. The molecule has 0 bridgehead atoms. The molecular weight excluding hydrogens is 94.0 g/mol. The van der Waals surface area contributed by atoms with Crippen LogP contribution in [0.2, 0.25) is 0 Å². The lowest BCUT2D eigenvalue weighted by Gasteiger charge is -1.84. The highest BCUT2D eigenvalue weighted by Crippen LogP contribution is 1.56. The second-order valence-corrected chi connectivity index (χ2v) is 1.01. The molecule has 0 aromatic heterocycles. The molecule has 3 heteroatoms. The first-order valence-electron chi connectivity index (χ1n) is 1.79. The van der Waals surface area contributed by atoms with Crippen LogP contribution in [0.4, 0.5) is 0 Å². The average molecular weight is 100 g/mol. The van der Waals surface area contributed by atoms with Crippen molar-refractivity contribution in [3.63, 3.8) is 0 Å².